The lowest BCUT2D eigenvalue weighted by Crippen LogP contribution is -2.04. The maximum absolute atomic E-state index is 5.64. The minimum Gasteiger partial charge on any atom is -0.388 e. The highest BCUT2D eigenvalue weighted by molar-refractivity contribution is 8.07. The van der Waals surface area contributed by atoms with Crippen LogP contribution in [0.3, 0.4) is 0 Å². The monoisotopic (exact) mass is 342 g/mol. The van der Waals surface area contributed by atoms with E-state index in [-0.39, 0.29) is 6.01 Å². The highest BCUT2D eigenvalue weighted by Gasteiger charge is 2.24. The highest BCUT2D eigenvalue weighted by atomic mass is 32.5. The molecule has 7 nitrogen and oxygen atoms in total. The molecule has 2 heterocycles. The Morgan fingerprint density at radius 1 is 1.18 bits per heavy atom. The van der Waals surface area contributed by atoms with Crippen LogP contribution in [0.5, 0.6) is 6.01 Å². The highest BCUT2D eigenvalue weighted by Crippen LogP contribution is 2.48. The molecule has 0 atom stereocenters. The van der Waals surface area contributed by atoms with Crippen LogP contribution in [0.25, 0.3) is 5.82 Å². The number of rotatable bonds is 8. The van der Waals surface area contributed by atoms with E-state index in [1.54, 1.807) is 10.9 Å². The first-order valence-corrected chi connectivity index (χ1v) is 9.63. The Labute approximate surface area is 134 Å². The van der Waals surface area contributed by atoms with E-state index in [1.807, 2.05) is 39.0 Å². The average molecular weight is 342 g/mol. The fourth-order valence-electron chi connectivity index (χ4n) is 1.76. The minimum atomic E-state index is -2.88. The number of aromatic nitrogens is 4. The Hall–Kier alpha value is -1.34. The van der Waals surface area contributed by atoms with Crippen molar-refractivity contribution in [1.29, 1.82) is 0 Å². The molecule has 0 amide bonds. The van der Waals surface area contributed by atoms with Crippen LogP contribution in [0.15, 0.2) is 24.4 Å². The van der Waals surface area contributed by atoms with Crippen LogP contribution in [-0.2, 0) is 27.3 Å². The Balaban J connectivity index is 2.30. The Kier molecular flexibility index (Phi) is 6.02. The summed E-state index contributed by atoms with van der Waals surface area (Å²) in [5.74, 6) is 1.39. The topological polar surface area (TPSA) is 71.3 Å². The molecule has 0 saturated carbocycles. The molecule has 120 valence electrons. The SMILES string of the molecule is CCOP(=S)(OCC)Oc1nc(CC)n(-c2ccccn2)n1. The van der Waals surface area contributed by atoms with Crippen molar-refractivity contribution in [3.63, 3.8) is 0 Å². The molecule has 0 aliphatic rings. The number of hydrogen-bond donors (Lipinski definition) is 0. The van der Waals surface area contributed by atoms with Gasteiger partial charge in [-0.1, -0.05) is 13.0 Å². The van der Waals surface area contributed by atoms with Crippen molar-refractivity contribution >= 4 is 18.5 Å². The molecule has 2 rings (SSSR count). The molecule has 0 radical (unpaired) electrons. The fourth-order valence-corrected chi connectivity index (χ4v) is 3.68. The van der Waals surface area contributed by atoms with Gasteiger partial charge in [0, 0.05) is 24.4 Å². The number of aryl methyl sites for hydroxylation is 1. The predicted molar refractivity (Wildman–Crippen MR) is 86.7 cm³/mol. The van der Waals surface area contributed by atoms with Crippen molar-refractivity contribution < 1.29 is 13.6 Å². The van der Waals surface area contributed by atoms with Gasteiger partial charge in [-0.3, -0.25) is 9.05 Å². The van der Waals surface area contributed by atoms with Crippen LogP contribution in [0, 0.1) is 0 Å². The summed E-state index contributed by atoms with van der Waals surface area (Å²) in [6.45, 7) is 3.58. The van der Waals surface area contributed by atoms with E-state index in [0.29, 0.717) is 25.5 Å². The third kappa shape index (κ3) is 4.10. The number of nitrogens with zero attached hydrogens (tertiary/aromatic N) is 4. The van der Waals surface area contributed by atoms with Crippen LogP contribution >= 0.6 is 6.72 Å². The first kappa shape index (κ1) is 17.0. The van der Waals surface area contributed by atoms with E-state index >= 15 is 0 Å². The van der Waals surface area contributed by atoms with Gasteiger partial charge in [0.15, 0.2) is 5.82 Å². The first-order valence-electron chi connectivity index (χ1n) is 7.08. The van der Waals surface area contributed by atoms with Gasteiger partial charge in [0.2, 0.25) is 0 Å². The maximum atomic E-state index is 5.64. The van der Waals surface area contributed by atoms with E-state index in [2.05, 4.69) is 15.1 Å². The van der Waals surface area contributed by atoms with Gasteiger partial charge in [-0.2, -0.15) is 9.67 Å². The Morgan fingerprint density at radius 2 is 1.91 bits per heavy atom. The van der Waals surface area contributed by atoms with Gasteiger partial charge in [0.05, 0.1) is 13.2 Å². The second kappa shape index (κ2) is 7.78. The molecule has 0 aliphatic carbocycles. The Bertz CT molecular complexity index is 640. The maximum Gasteiger partial charge on any atom is 0.382 e. The van der Waals surface area contributed by atoms with E-state index < -0.39 is 6.72 Å². The summed E-state index contributed by atoms with van der Waals surface area (Å²) in [6.07, 6.45) is 2.38. The molecule has 0 spiro atoms. The molecule has 9 heteroatoms. The van der Waals surface area contributed by atoms with Crippen LogP contribution in [0.2, 0.25) is 0 Å². The molecule has 22 heavy (non-hydrogen) atoms. The quantitative estimate of drug-likeness (QED) is 0.683. The molecular formula is C13H19N4O3PS. The molecule has 0 unspecified atom stereocenters. The summed E-state index contributed by atoms with van der Waals surface area (Å²) >= 11 is 5.33. The molecule has 2 aromatic rings. The third-order valence-corrected chi connectivity index (χ3v) is 5.00. The lowest BCUT2D eigenvalue weighted by Gasteiger charge is -2.18. The van der Waals surface area contributed by atoms with Crippen molar-refractivity contribution in [2.75, 3.05) is 13.2 Å². The molecular weight excluding hydrogens is 323 g/mol. The number of pyridine rings is 1. The lowest BCUT2D eigenvalue weighted by molar-refractivity contribution is 0.214. The molecule has 0 fully saturated rings. The molecule has 2 aromatic heterocycles. The molecule has 0 N–H and O–H groups in total. The van der Waals surface area contributed by atoms with Crippen LogP contribution in [0.1, 0.15) is 26.6 Å². The molecule has 0 saturated heterocycles. The summed E-state index contributed by atoms with van der Waals surface area (Å²) in [7, 11) is 0. The smallest absolute Gasteiger partial charge is 0.382 e. The molecule has 0 bridgehead atoms. The van der Waals surface area contributed by atoms with Gasteiger partial charge in [0.25, 0.3) is 0 Å². The zero-order valence-corrected chi connectivity index (χ0v) is 14.5. The lowest BCUT2D eigenvalue weighted by atomic mass is 10.4. The summed E-state index contributed by atoms with van der Waals surface area (Å²) in [5, 5.41) is 4.32. The predicted octanol–water partition coefficient (Wildman–Crippen LogP) is 2.90. The standard InChI is InChI=1S/C13H19N4O3PS/c1-4-11-15-13(20-21(22,18-5-2)19-6-3)16-17(11)12-9-7-8-10-14-12/h7-10H,4-6H2,1-3H3. The van der Waals surface area contributed by atoms with Crippen LogP contribution in [0.4, 0.5) is 0 Å². The van der Waals surface area contributed by atoms with Crippen LogP contribution in [-0.4, -0.2) is 33.0 Å². The third-order valence-electron chi connectivity index (χ3n) is 2.61. The van der Waals surface area contributed by atoms with Gasteiger partial charge in [-0.05, 0) is 26.0 Å². The molecule has 0 aromatic carbocycles. The van der Waals surface area contributed by atoms with Crippen molar-refractivity contribution in [3.8, 4) is 11.8 Å². The average Bonchev–Trinajstić information content (AvgIpc) is 2.91. The van der Waals surface area contributed by atoms with E-state index in [9.17, 15) is 0 Å². The van der Waals surface area contributed by atoms with Gasteiger partial charge in [0.1, 0.15) is 5.82 Å². The molecule has 0 aliphatic heterocycles. The normalized spacial score (nSPS) is 11.6. The van der Waals surface area contributed by atoms with Crippen molar-refractivity contribution in [1.82, 2.24) is 19.7 Å². The summed E-state index contributed by atoms with van der Waals surface area (Å²) < 4.78 is 18.1. The zero-order chi connectivity index (χ0) is 16.0. The summed E-state index contributed by atoms with van der Waals surface area (Å²) in [4.78, 5) is 8.61. The largest absolute Gasteiger partial charge is 0.388 e. The minimum absolute atomic E-state index is 0.146. The van der Waals surface area contributed by atoms with Gasteiger partial charge >= 0.3 is 12.7 Å². The van der Waals surface area contributed by atoms with E-state index in [4.69, 9.17) is 25.4 Å². The van der Waals surface area contributed by atoms with Crippen molar-refractivity contribution in [2.45, 2.75) is 27.2 Å². The number of hydrogen-bond acceptors (Lipinski definition) is 7. The summed E-state index contributed by atoms with van der Waals surface area (Å²) in [5.41, 5.74) is 0. The van der Waals surface area contributed by atoms with Gasteiger partial charge in [-0.25, -0.2) is 4.98 Å². The van der Waals surface area contributed by atoms with E-state index in [1.165, 1.54) is 0 Å². The van der Waals surface area contributed by atoms with E-state index in [0.717, 1.165) is 5.82 Å². The fraction of sp³-hybridized carbons (Fsp3) is 0.462. The zero-order valence-electron chi connectivity index (χ0n) is 12.8. The van der Waals surface area contributed by atoms with Gasteiger partial charge in [-0.15, -0.1) is 5.10 Å². The van der Waals surface area contributed by atoms with Crippen molar-refractivity contribution in [2.24, 2.45) is 0 Å². The van der Waals surface area contributed by atoms with Crippen LogP contribution < -0.4 is 4.52 Å². The second-order valence-corrected chi connectivity index (χ2v) is 7.07. The summed E-state index contributed by atoms with van der Waals surface area (Å²) in [6, 6.07) is 5.72. The second-order valence-electron chi connectivity index (χ2n) is 4.14. The van der Waals surface area contributed by atoms with Gasteiger partial charge < -0.3 is 4.52 Å². The first-order chi connectivity index (χ1) is 10.6. The van der Waals surface area contributed by atoms with Crippen molar-refractivity contribution in [3.05, 3.63) is 30.2 Å². The Morgan fingerprint density at radius 3 is 2.45 bits per heavy atom.